The lowest BCUT2D eigenvalue weighted by Crippen LogP contribution is -2.34. The van der Waals surface area contributed by atoms with Gasteiger partial charge in [-0.15, -0.1) is 0 Å². The quantitative estimate of drug-likeness (QED) is 0.242. The average molecular weight is 514 g/mol. The van der Waals surface area contributed by atoms with E-state index >= 15 is 0 Å². The molecule has 5 aromatic rings. The molecule has 0 bridgehead atoms. The number of amides is 1. The summed E-state index contributed by atoms with van der Waals surface area (Å²) in [6.07, 6.45) is 0. The molecule has 0 saturated carbocycles. The van der Waals surface area contributed by atoms with Crippen molar-refractivity contribution in [3.63, 3.8) is 0 Å². The van der Waals surface area contributed by atoms with E-state index in [1.165, 1.54) is 0 Å². The van der Waals surface area contributed by atoms with Crippen molar-refractivity contribution in [1.29, 1.82) is 0 Å². The lowest BCUT2D eigenvalue weighted by atomic mass is 10.2. The number of hydrogen-bond acceptors (Lipinski definition) is 5. The first-order valence-electron chi connectivity index (χ1n) is 11.1. The van der Waals surface area contributed by atoms with Crippen LogP contribution in [-0.4, -0.2) is 16.0 Å². The van der Waals surface area contributed by atoms with Gasteiger partial charge in [-0.3, -0.25) is 10.1 Å². The van der Waals surface area contributed by atoms with E-state index in [4.69, 9.17) is 33.0 Å². The second-order valence-corrected chi connectivity index (χ2v) is 8.71. The number of halogens is 1. The van der Waals surface area contributed by atoms with Gasteiger partial charge in [0.25, 0.3) is 5.91 Å². The Morgan fingerprint density at radius 3 is 2.58 bits per heavy atom. The summed E-state index contributed by atoms with van der Waals surface area (Å²) in [6.45, 7) is 0.411. The number of thiocarbonyl (C=S) groups is 1. The van der Waals surface area contributed by atoms with E-state index in [-0.39, 0.29) is 11.0 Å². The third kappa shape index (κ3) is 5.54. The maximum absolute atomic E-state index is 12.7. The number of fused-ring (bicyclic) bond motifs is 1. The Balaban J connectivity index is 1.23. The van der Waals surface area contributed by atoms with Crippen LogP contribution in [0.3, 0.4) is 0 Å². The second-order valence-electron chi connectivity index (χ2n) is 7.89. The van der Waals surface area contributed by atoms with Gasteiger partial charge in [0.05, 0.1) is 10.6 Å². The number of anilines is 1. The van der Waals surface area contributed by atoms with Gasteiger partial charge in [-0.2, -0.15) is 0 Å². The number of rotatable bonds is 6. The molecule has 0 fully saturated rings. The van der Waals surface area contributed by atoms with Crippen molar-refractivity contribution in [2.45, 2.75) is 6.61 Å². The first-order chi connectivity index (χ1) is 17.5. The zero-order valence-electron chi connectivity index (χ0n) is 18.9. The molecule has 4 aromatic carbocycles. The van der Waals surface area contributed by atoms with Crippen LogP contribution in [0, 0.1) is 0 Å². The standard InChI is InChI=1S/C28H20ClN3O3S/c29-23-12-5-4-11-22(23)27-31-24-16-20(13-14-25(24)35-27)30-28(36)32-26(33)19-9-6-10-21(15-19)34-17-18-7-2-1-3-8-18/h1-16H,17H2,(H2,30,32,33,36). The molecule has 1 heterocycles. The van der Waals surface area contributed by atoms with Crippen LogP contribution < -0.4 is 15.4 Å². The van der Waals surface area contributed by atoms with E-state index in [9.17, 15) is 4.79 Å². The second kappa shape index (κ2) is 10.6. The summed E-state index contributed by atoms with van der Waals surface area (Å²) in [5, 5.41) is 6.43. The van der Waals surface area contributed by atoms with E-state index in [1.54, 1.807) is 48.5 Å². The summed E-state index contributed by atoms with van der Waals surface area (Å²) in [5.74, 6) is 0.676. The van der Waals surface area contributed by atoms with Crippen molar-refractivity contribution >= 4 is 51.6 Å². The molecule has 8 heteroatoms. The maximum Gasteiger partial charge on any atom is 0.257 e. The van der Waals surface area contributed by atoms with Crippen LogP contribution in [0.25, 0.3) is 22.6 Å². The number of aromatic nitrogens is 1. The fraction of sp³-hybridized carbons (Fsp3) is 0.0357. The lowest BCUT2D eigenvalue weighted by Gasteiger charge is -2.11. The van der Waals surface area contributed by atoms with E-state index in [0.717, 1.165) is 5.56 Å². The number of oxazole rings is 1. The summed E-state index contributed by atoms with van der Waals surface area (Å²) >= 11 is 11.6. The summed E-state index contributed by atoms with van der Waals surface area (Å²) in [7, 11) is 0. The van der Waals surface area contributed by atoms with Gasteiger partial charge in [-0.1, -0.05) is 60.1 Å². The first kappa shape index (κ1) is 23.5. The van der Waals surface area contributed by atoms with Crippen molar-refractivity contribution in [2.24, 2.45) is 0 Å². The predicted octanol–water partition coefficient (Wildman–Crippen LogP) is 6.85. The van der Waals surface area contributed by atoms with Crippen LogP contribution in [0.4, 0.5) is 5.69 Å². The summed E-state index contributed by atoms with van der Waals surface area (Å²) in [6, 6.07) is 29.5. The van der Waals surface area contributed by atoms with Crippen molar-refractivity contribution in [3.05, 3.63) is 113 Å². The zero-order valence-corrected chi connectivity index (χ0v) is 20.5. The molecule has 0 aliphatic carbocycles. The van der Waals surface area contributed by atoms with Crippen molar-refractivity contribution < 1.29 is 13.9 Å². The van der Waals surface area contributed by atoms with Gasteiger partial charge < -0.3 is 14.5 Å². The zero-order chi connectivity index (χ0) is 24.9. The number of hydrogen-bond donors (Lipinski definition) is 2. The molecule has 1 aromatic heterocycles. The molecule has 0 spiro atoms. The van der Waals surface area contributed by atoms with Gasteiger partial charge in [-0.25, -0.2) is 4.98 Å². The van der Waals surface area contributed by atoms with Gasteiger partial charge in [0.2, 0.25) is 5.89 Å². The van der Waals surface area contributed by atoms with Crippen LogP contribution >= 0.6 is 23.8 Å². The van der Waals surface area contributed by atoms with Crippen LogP contribution in [0.5, 0.6) is 5.75 Å². The third-order valence-electron chi connectivity index (χ3n) is 5.32. The maximum atomic E-state index is 12.7. The molecular formula is C28H20ClN3O3S. The van der Waals surface area contributed by atoms with Crippen LogP contribution in [0.2, 0.25) is 5.02 Å². The van der Waals surface area contributed by atoms with Gasteiger partial charge >= 0.3 is 0 Å². The van der Waals surface area contributed by atoms with E-state index < -0.39 is 0 Å². The van der Waals surface area contributed by atoms with Crippen LogP contribution in [0.15, 0.2) is 101 Å². The molecule has 0 unspecified atom stereocenters. The minimum atomic E-state index is -0.346. The van der Waals surface area contributed by atoms with Gasteiger partial charge in [0.1, 0.15) is 17.9 Å². The van der Waals surface area contributed by atoms with Gasteiger partial charge in [0, 0.05) is 11.3 Å². The number of nitrogens with one attached hydrogen (secondary N) is 2. The SMILES string of the molecule is O=C(NC(=S)Nc1ccc2oc(-c3ccccc3Cl)nc2c1)c1cccc(OCc2ccccc2)c1. The molecule has 6 nitrogen and oxygen atoms in total. The Morgan fingerprint density at radius 1 is 0.944 bits per heavy atom. The third-order valence-corrected chi connectivity index (χ3v) is 5.86. The Morgan fingerprint density at radius 2 is 1.75 bits per heavy atom. The van der Waals surface area contributed by atoms with Crippen molar-refractivity contribution in [3.8, 4) is 17.2 Å². The van der Waals surface area contributed by atoms with Gasteiger partial charge in [0.15, 0.2) is 10.7 Å². The fourth-order valence-corrected chi connectivity index (χ4v) is 3.99. The molecule has 5 rings (SSSR count). The number of benzene rings is 4. The molecule has 178 valence electrons. The Bertz CT molecular complexity index is 1550. The topological polar surface area (TPSA) is 76.4 Å². The highest BCUT2D eigenvalue weighted by atomic mass is 35.5. The number of nitrogens with zero attached hydrogens (tertiary/aromatic N) is 1. The molecule has 36 heavy (non-hydrogen) atoms. The number of carbonyl (C=O) groups is 1. The number of ether oxygens (including phenoxy) is 1. The van der Waals surface area contributed by atoms with E-state index in [1.807, 2.05) is 48.5 Å². The highest BCUT2D eigenvalue weighted by Crippen LogP contribution is 2.30. The van der Waals surface area contributed by atoms with E-state index in [2.05, 4.69) is 15.6 Å². The highest BCUT2D eigenvalue weighted by molar-refractivity contribution is 7.80. The monoisotopic (exact) mass is 513 g/mol. The minimum Gasteiger partial charge on any atom is -0.489 e. The minimum absolute atomic E-state index is 0.157. The number of carbonyl (C=O) groups excluding carboxylic acids is 1. The largest absolute Gasteiger partial charge is 0.489 e. The summed E-state index contributed by atoms with van der Waals surface area (Å²) in [4.78, 5) is 17.3. The van der Waals surface area contributed by atoms with Crippen LogP contribution in [-0.2, 0) is 6.61 Å². The molecule has 0 aliphatic heterocycles. The molecule has 0 aliphatic rings. The van der Waals surface area contributed by atoms with E-state index in [0.29, 0.717) is 51.2 Å². The molecule has 2 N–H and O–H groups in total. The normalized spacial score (nSPS) is 10.7. The summed E-state index contributed by atoms with van der Waals surface area (Å²) in [5.41, 5.74) is 4.08. The first-order valence-corrected chi connectivity index (χ1v) is 11.9. The van der Waals surface area contributed by atoms with Gasteiger partial charge in [-0.05, 0) is 66.3 Å². The van der Waals surface area contributed by atoms with Crippen molar-refractivity contribution in [1.82, 2.24) is 10.3 Å². The molecular weight excluding hydrogens is 494 g/mol. The summed E-state index contributed by atoms with van der Waals surface area (Å²) < 4.78 is 11.7. The lowest BCUT2D eigenvalue weighted by molar-refractivity contribution is 0.0977. The fourth-order valence-electron chi connectivity index (χ4n) is 3.56. The van der Waals surface area contributed by atoms with Crippen molar-refractivity contribution in [2.75, 3.05) is 5.32 Å². The predicted molar refractivity (Wildman–Crippen MR) is 145 cm³/mol. The molecule has 0 saturated heterocycles. The van der Waals surface area contributed by atoms with Crippen LogP contribution in [0.1, 0.15) is 15.9 Å². The molecule has 0 atom stereocenters. The smallest absolute Gasteiger partial charge is 0.257 e. The highest BCUT2D eigenvalue weighted by Gasteiger charge is 2.13. The molecule has 0 radical (unpaired) electrons. The Kier molecular flexibility index (Phi) is 6.93. The Labute approximate surface area is 217 Å². The molecule has 1 amide bonds. The Hall–Kier alpha value is -4.20. The average Bonchev–Trinajstić information content (AvgIpc) is 3.31.